The molecule has 2 aliphatic rings. The second kappa shape index (κ2) is 14.5. The van der Waals surface area contributed by atoms with E-state index in [2.05, 4.69) is 186 Å². The number of aryl methyl sites for hydroxylation is 1. The van der Waals surface area contributed by atoms with Gasteiger partial charge in [-0.15, -0.1) is 0 Å². The fraction of sp³-hybridized carbons (Fsp3) is 0.400. The molecular weight excluding hydrogens is 722 g/mol. The van der Waals surface area contributed by atoms with Gasteiger partial charge in [0.2, 0.25) is 5.89 Å². The Hall–Kier alpha value is -4.26. The third-order valence-electron chi connectivity index (χ3n) is 13.0. The predicted octanol–water partition coefficient (Wildman–Crippen LogP) is 13.1. The minimum atomic E-state index is -0.937. The van der Waals surface area contributed by atoms with Crippen LogP contribution in [0.4, 0.5) is 0 Å². The maximum Gasteiger partial charge on any atom is 0.226 e. The first-order valence-corrected chi connectivity index (χ1v) is 22.9. The second-order valence-corrected chi connectivity index (χ2v) is 23.6. The van der Waals surface area contributed by atoms with Crippen LogP contribution in [0.25, 0.3) is 11.5 Å². The lowest BCUT2D eigenvalue weighted by molar-refractivity contribution is 0.509. The fourth-order valence-corrected chi connectivity index (χ4v) is 12.2. The Labute approximate surface area is 350 Å². The van der Waals surface area contributed by atoms with E-state index in [-0.39, 0.29) is 27.1 Å². The summed E-state index contributed by atoms with van der Waals surface area (Å²) in [7, 11) is -0.937. The molecule has 2 nitrogen and oxygen atoms in total. The summed E-state index contributed by atoms with van der Waals surface area (Å²) in [5, 5.41) is 4.46. The van der Waals surface area contributed by atoms with E-state index in [0.29, 0.717) is 0 Å². The average Bonchev–Trinajstić information content (AvgIpc) is 3.89. The Bertz CT molecular complexity index is 2340. The summed E-state index contributed by atoms with van der Waals surface area (Å²) >= 11 is 0. The van der Waals surface area contributed by atoms with Crippen LogP contribution < -0.4 is 15.9 Å². The van der Waals surface area contributed by atoms with Gasteiger partial charge in [-0.25, -0.2) is 4.98 Å². The summed E-state index contributed by atoms with van der Waals surface area (Å²) in [5.74, 6) is 0.746. The van der Waals surface area contributed by atoms with Gasteiger partial charge in [0.25, 0.3) is 0 Å². The minimum Gasteiger partial charge on any atom is -0.444 e. The standard InChI is InChI=1S/C55H64NOP/c1-51(2,3)38-29-39(52(4,5)6)32-43(31-38)58(44-33-40(53(7,8)9)30-41(34-44)54(10,11)12)48-23-16-20-37-24-26-55(49(37)48)27-25-45-46(21-17-22-47(45)55)50-56-42(35-57-50)28-36-18-14-13-15-19-36/h13-23,29-35H,24-28H2,1-12H3/t55-/m0/s1. The summed E-state index contributed by atoms with van der Waals surface area (Å²) in [6.07, 6.45) is 6.99. The third-order valence-corrected chi connectivity index (χ3v) is 15.4. The summed E-state index contributed by atoms with van der Waals surface area (Å²) in [4.78, 5) is 5.09. The third kappa shape index (κ3) is 7.56. The molecule has 0 N–H and O–H groups in total. The summed E-state index contributed by atoms with van der Waals surface area (Å²) in [6.45, 7) is 28.5. The fourth-order valence-electron chi connectivity index (χ4n) is 9.46. The first-order chi connectivity index (χ1) is 27.2. The second-order valence-electron chi connectivity index (χ2n) is 21.4. The first kappa shape index (κ1) is 40.5. The zero-order valence-electron chi connectivity index (χ0n) is 37.2. The number of benzene rings is 5. The molecule has 6 aromatic rings. The van der Waals surface area contributed by atoms with E-state index in [1.165, 1.54) is 60.4 Å². The molecule has 0 aliphatic heterocycles. The van der Waals surface area contributed by atoms with Crippen LogP contribution in [0.1, 0.15) is 152 Å². The van der Waals surface area contributed by atoms with E-state index < -0.39 is 7.92 Å². The number of hydrogen-bond donors (Lipinski definition) is 0. The molecule has 0 saturated carbocycles. The molecule has 2 aliphatic carbocycles. The van der Waals surface area contributed by atoms with Crippen molar-refractivity contribution in [2.75, 3.05) is 0 Å². The number of nitrogens with zero attached hydrogens (tertiary/aromatic N) is 1. The number of fused-ring (bicyclic) bond motifs is 4. The van der Waals surface area contributed by atoms with E-state index in [9.17, 15) is 0 Å². The van der Waals surface area contributed by atoms with Gasteiger partial charge in [0.1, 0.15) is 6.26 Å². The molecule has 8 rings (SSSR count). The maximum absolute atomic E-state index is 6.29. The molecule has 0 amide bonds. The zero-order chi connectivity index (χ0) is 41.4. The zero-order valence-corrected chi connectivity index (χ0v) is 38.1. The van der Waals surface area contributed by atoms with Gasteiger partial charge in [0.05, 0.1) is 5.69 Å². The predicted molar refractivity (Wildman–Crippen MR) is 249 cm³/mol. The smallest absolute Gasteiger partial charge is 0.226 e. The van der Waals surface area contributed by atoms with Crippen molar-refractivity contribution in [2.24, 2.45) is 0 Å². The Balaban J connectivity index is 1.35. The molecule has 5 aromatic carbocycles. The van der Waals surface area contributed by atoms with Gasteiger partial charge in [-0.3, -0.25) is 0 Å². The highest BCUT2D eigenvalue weighted by Crippen LogP contribution is 2.55. The maximum atomic E-state index is 6.29. The van der Waals surface area contributed by atoms with Gasteiger partial charge >= 0.3 is 0 Å². The Morgan fingerprint density at radius 1 is 0.586 bits per heavy atom. The van der Waals surface area contributed by atoms with Crippen molar-refractivity contribution in [2.45, 2.75) is 142 Å². The van der Waals surface area contributed by atoms with E-state index in [0.717, 1.165) is 49.3 Å². The van der Waals surface area contributed by atoms with Gasteiger partial charge < -0.3 is 4.42 Å². The monoisotopic (exact) mass is 785 g/mol. The van der Waals surface area contributed by atoms with Crippen molar-refractivity contribution >= 4 is 23.8 Å². The van der Waals surface area contributed by atoms with Crippen molar-refractivity contribution in [3.63, 3.8) is 0 Å². The van der Waals surface area contributed by atoms with Crippen molar-refractivity contribution < 1.29 is 4.42 Å². The molecule has 1 atom stereocenters. The molecular formula is C55H64NOP. The summed E-state index contributed by atoms with van der Waals surface area (Å²) in [5.41, 5.74) is 15.1. The molecule has 1 spiro atoms. The molecule has 0 fully saturated rings. The topological polar surface area (TPSA) is 26.0 Å². The number of oxazole rings is 1. The van der Waals surface area contributed by atoms with Crippen LogP contribution in [0.5, 0.6) is 0 Å². The van der Waals surface area contributed by atoms with Crippen molar-refractivity contribution in [3.8, 4) is 11.5 Å². The van der Waals surface area contributed by atoms with E-state index in [1.54, 1.807) is 5.56 Å². The van der Waals surface area contributed by atoms with E-state index in [4.69, 9.17) is 9.40 Å². The summed E-state index contributed by atoms with van der Waals surface area (Å²) < 4.78 is 6.29. The minimum absolute atomic E-state index is 0.0162. The molecule has 0 saturated heterocycles. The van der Waals surface area contributed by atoms with Crippen LogP contribution in [0.3, 0.4) is 0 Å². The van der Waals surface area contributed by atoms with Crippen LogP contribution in [-0.4, -0.2) is 4.98 Å². The molecule has 58 heavy (non-hydrogen) atoms. The van der Waals surface area contributed by atoms with Crippen LogP contribution in [0, 0.1) is 0 Å². The highest BCUT2D eigenvalue weighted by Gasteiger charge is 2.48. The molecule has 1 heterocycles. The lowest BCUT2D eigenvalue weighted by Gasteiger charge is -2.35. The Kier molecular flexibility index (Phi) is 10.1. The normalized spacial score (nSPS) is 17.0. The lowest BCUT2D eigenvalue weighted by Crippen LogP contribution is -2.33. The number of rotatable bonds is 6. The van der Waals surface area contributed by atoms with Crippen molar-refractivity contribution in [1.82, 2.24) is 4.98 Å². The quantitative estimate of drug-likeness (QED) is 0.157. The van der Waals surface area contributed by atoms with Gasteiger partial charge in [-0.05, 0) is 127 Å². The van der Waals surface area contributed by atoms with Crippen LogP contribution >= 0.6 is 7.92 Å². The van der Waals surface area contributed by atoms with Gasteiger partial charge in [-0.2, -0.15) is 0 Å². The van der Waals surface area contributed by atoms with Crippen molar-refractivity contribution in [1.29, 1.82) is 0 Å². The van der Waals surface area contributed by atoms with Gasteiger partial charge in [-0.1, -0.05) is 180 Å². The highest BCUT2D eigenvalue weighted by molar-refractivity contribution is 7.80. The average molecular weight is 786 g/mol. The highest BCUT2D eigenvalue weighted by atomic mass is 31.1. The first-order valence-electron chi connectivity index (χ1n) is 21.6. The van der Waals surface area contributed by atoms with Crippen LogP contribution in [-0.2, 0) is 46.3 Å². The molecule has 1 aromatic heterocycles. The SMILES string of the molecule is CC(C)(C)c1cc(P(c2cc(C(C)(C)C)cc(C(C)(C)C)c2)c2cccc3c2[C@@]2(CC3)CCc3c(-c4nc(Cc5ccccc5)co4)cccc32)cc(C(C)(C)C)c1. The van der Waals surface area contributed by atoms with Gasteiger partial charge in [0, 0.05) is 17.4 Å². The van der Waals surface area contributed by atoms with Gasteiger partial charge in [0.15, 0.2) is 0 Å². The molecule has 3 heteroatoms. The molecule has 0 radical (unpaired) electrons. The lowest BCUT2D eigenvalue weighted by atomic mass is 9.76. The Morgan fingerprint density at radius 3 is 1.67 bits per heavy atom. The summed E-state index contributed by atoms with van der Waals surface area (Å²) in [6, 6.07) is 40.1. The van der Waals surface area contributed by atoms with Crippen LogP contribution in [0.2, 0.25) is 0 Å². The van der Waals surface area contributed by atoms with Crippen LogP contribution in [0.15, 0.2) is 114 Å². The number of hydrogen-bond acceptors (Lipinski definition) is 2. The molecule has 300 valence electrons. The molecule has 0 bridgehead atoms. The number of aromatic nitrogens is 1. The largest absolute Gasteiger partial charge is 0.444 e. The van der Waals surface area contributed by atoms with E-state index in [1.807, 2.05) is 6.26 Å². The van der Waals surface area contributed by atoms with E-state index >= 15 is 0 Å². The molecule has 0 unspecified atom stereocenters. The Morgan fingerprint density at radius 2 is 1.12 bits per heavy atom. The van der Waals surface area contributed by atoms with Crippen molar-refractivity contribution in [3.05, 3.63) is 165 Å².